The molecule has 0 radical (unpaired) electrons. The molecule has 168 valence electrons. The number of nitrogens with one attached hydrogen (secondary N) is 1. The van der Waals surface area contributed by atoms with Crippen molar-refractivity contribution in [2.45, 2.75) is 32.7 Å². The van der Waals surface area contributed by atoms with Crippen LogP contribution in [0.4, 0.5) is 10.8 Å². The highest BCUT2D eigenvalue weighted by atomic mass is 32.1. The molecule has 1 fully saturated rings. The molecule has 1 aliphatic heterocycles. The molecule has 0 aliphatic carbocycles. The molecular formula is C26H27N5OS. The molecule has 4 aromatic rings. The number of carbonyl (C=O) groups excluding carboxylic acids is 1. The fourth-order valence-corrected chi connectivity index (χ4v) is 5.10. The average molecular weight is 458 g/mol. The summed E-state index contributed by atoms with van der Waals surface area (Å²) in [7, 11) is 0. The van der Waals surface area contributed by atoms with Crippen molar-refractivity contribution in [2.75, 3.05) is 23.3 Å². The normalized spacial score (nSPS) is 13.8. The van der Waals surface area contributed by atoms with Crippen LogP contribution < -0.4 is 10.2 Å². The number of aryl methyl sites for hydroxylation is 1. The summed E-state index contributed by atoms with van der Waals surface area (Å²) in [6.07, 6.45) is 9.38. The summed E-state index contributed by atoms with van der Waals surface area (Å²) in [5, 5.41) is 6.23. The molecule has 7 heteroatoms. The number of carbonyl (C=O) groups is 1. The molecule has 1 aromatic carbocycles. The number of hydrogen-bond acceptors (Lipinski definition) is 5. The molecule has 5 rings (SSSR count). The minimum absolute atomic E-state index is 0.122. The van der Waals surface area contributed by atoms with E-state index < -0.39 is 0 Å². The molecule has 0 spiro atoms. The first-order chi connectivity index (χ1) is 16.2. The number of nitrogens with zero attached hydrogens (tertiary/aromatic N) is 4. The highest BCUT2D eigenvalue weighted by Crippen LogP contribution is 2.25. The van der Waals surface area contributed by atoms with Crippen LogP contribution in [0.3, 0.4) is 0 Å². The molecule has 0 bridgehead atoms. The SMILES string of the molecule is Cc1cc(C(=O)Nc2ccc(-c3cccnc3)cc2)n(Cc2csc(N3CCCCC3)n2)c1. The molecule has 1 amide bonds. The standard InChI is InChI=1S/C26H27N5OS/c1-19-14-24(25(32)28-22-9-7-20(8-10-22)21-6-5-11-27-15-21)31(16-19)17-23-18-33-26(29-23)30-12-3-2-4-13-30/h5-11,14-16,18H,2-4,12-13,17H2,1H3,(H,28,32). The lowest BCUT2D eigenvalue weighted by atomic mass is 10.1. The van der Waals surface area contributed by atoms with Crippen LogP contribution in [-0.2, 0) is 6.54 Å². The van der Waals surface area contributed by atoms with Crippen molar-refractivity contribution < 1.29 is 4.79 Å². The molecule has 0 atom stereocenters. The van der Waals surface area contributed by atoms with Crippen LogP contribution in [0.15, 0.2) is 66.4 Å². The number of thiazole rings is 1. The van der Waals surface area contributed by atoms with Crippen LogP contribution in [0.5, 0.6) is 0 Å². The maximum absolute atomic E-state index is 13.1. The van der Waals surface area contributed by atoms with Gasteiger partial charge in [-0.1, -0.05) is 18.2 Å². The Balaban J connectivity index is 1.28. The Hall–Kier alpha value is -3.45. The molecule has 3 aromatic heterocycles. The van der Waals surface area contributed by atoms with E-state index in [1.54, 1.807) is 17.5 Å². The van der Waals surface area contributed by atoms with Gasteiger partial charge in [-0.05, 0) is 67.1 Å². The summed E-state index contributed by atoms with van der Waals surface area (Å²) < 4.78 is 1.99. The quantitative estimate of drug-likeness (QED) is 0.409. The van der Waals surface area contributed by atoms with Gasteiger partial charge >= 0.3 is 0 Å². The Bertz CT molecular complexity index is 1220. The van der Waals surface area contributed by atoms with E-state index in [1.807, 2.05) is 66.3 Å². The van der Waals surface area contributed by atoms with E-state index in [1.165, 1.54) is 19.3 Å². The minimum atomic E-state index is -0.122. The van der Waals surface area contributed by atoms with Gasteiger partial charge in [-0.2, -0.15) is 0 Å². The lowest BCUT2D eigenvalue weighted by Gasteiger charge is -2.25. The van der Waals surface area contributed by atoms with Crippen molar-refractivity contribution in [3.8, 4) is 11.1 Å². The Morgan fingerprint density at radius 3 is 2.67 bits per heavy atom. The van der Waals surface area contributed by atoms with Crippen LogP contribution in [0.25, 0.3) is 11.1 Å². The zero-order chi connectivity index (χ0) is 22.6. The second kappa shape index (κ2) is 9.58. The molecule has 0 saturated carbocycles. The fourth-order valence-electron chi connectivity index (χ4n) is 4.23. The second-order valence-electron chi connectivity index (χ2n) is 8.47. The number of rotatable bonds is 6. The summed E-state index contributed by atoms with van der Waals surface area (Å²) in [5.74, 6) is -0.122. The number of benzene rings is 1. The van der Waals surface area contributed by atoms with Crippen molar-refractivity contribution >= 4 is 28.1 Å². The molecule has 1 aliphatic rings. The van der Waals surface area contributed by atoms with E-state index in [-0.39, 0.29) is 5.91 Å². The Labute approximate surface area is 197 Å². The largest absolute Gasteiger partial charge is 0.348 e. The third-order valence-electron chi connectivity index (χ3n) is 5.90. The Morgan fingerprint density at radius 2 is 1.91 bits per heavy atom. The van der Waals surface area contributed by atoms with Crippen molar-refractivity contribution in [2.24, 2.45) is 0 Å². The first-order valence-corrected chi connectivity index (χ1v) is 12.2. The highest BCUT2D eigenvalue weighted by Gasteiger charge is 2.17. The third kappa shape index (κ3) is 4.98. The number of anilines is 2. The molecule has 0 unspecified atom stereocenters. The summed E-state index contributed by atoms with van der Waals surface area (Å²) >= 11 is 1.69. The van der Waals surface area contributed by atoms with E-state index in [0.29, 0.717) is 12.2 Å². The molecular weight excluding hydrogens is 430 g/mol. The van der Waals surface area contributed by atoms with Crippen LogP contribution in [0, 0.1) is 6.92 Å². The van der Waals surface area contributed by atoms with E-state index >= 15 is 0 Å². The van der Waals surface area contributed by atoms with E-state index in [9.17, 15) is 4.79 Å². The van der Waals surface area contributed by atoms with Crippen molar-refractivity contribution in [3.05, 3.63) is 83.4 Å². The van der Waals surface area contributed by atoms with Crippen molar-refractivity contribution in [1.82, 2.24) is 14.5 Å². The monoisotopic (exact) mass is 457 g/mol. The number of piperidine rings is 1. The maximum Gasteiger partial charge on any atom is 0.272 e. The van der Waals surface area contributed by atoms with Crippen LogP contribution in [0.1, 0.15) is 41.0 Å². The second-order valence-corrected chi connectivity index (χ2v) is 9.31. The van der Waals surface area contributed by atoms with Gasteiger partial charge in [-0.25, -0.2) is 4.98 Å². The van der Waals surface area contributed by atoms with Gasteiger partial charge in [0.05, 0.1) is 12.2 Å². The van der Waals surface area contributed by atoms with Crippen LogP contribution >= 0.6 is 11.3 Å². The first kappa shape index (κ1) is 21.4. The number of amides is 1. The minimum Gasteiger partial charge on any atom is -0.348 e. The van der Waals surface area contributed by atoms with Gasteiger partial charge in [-0.3, -0.25) is 9.78 Å². The van der Waals surface area contributed by atoms with Gasteiger partial charge in [-0.15, -0.1) is 11.3 Å². The number of pyridine rings is 1. The van der Waals surface area contributed by atoms with Gasteiger partial charge in [0.25, 0.3) is 5.91 Å². The number of hydrogen-bond donors (Lipinski definition) is 1. The fraction of sp³-hybridized carbons (Fsp3) is 0.269. The summed E-state index contributed by atoms with van der Waals surface area (Å²) in [5.41, 5.74) is 5.56. The predicted octanol–water partition coefficient (Wildman–Crippen LogP) is 5.61. The van der Waals surface area contributed by atoms with Crippen LogP contribution in [-0.4, -0.2) is 33.5 Å². The molecule has 1 saturated heterocycles. The maximum atomic E-state index is 13.1. The smallest absolute Gasteiger partial charge is 0.272 e. The summed E-state index contributed by atoms with van der Waals surface area (Å²) in [4.78, 5) is 24.5. The molecule has 33 heavy (non-hydrogen) atoms. The first-order valence-electron chi connectivity index (χ1n) is 11.3. The predicted molar refractivity (Wildman–Crippen MR) is 134 cm³/mol. The molecule has 4 heterocycles. The van der Waals surface area contributed by atoms with E-state index in [2.05, 4.69) is 20.6 Å². The summed E-state index contributed by atoms with van der Waals surface area (Å²) in [6, 6.07) is 13.7. The van der Waals surface area contributed by atoms with Crippen molar-refractivity contribution in [1.29, 1.82) is 0 Å². The topological polar surface area (TPSA) is 63.1 Å². The molecule has 1 N–H and O–H groups in total. The zero-order valence-electron chi connectivity index (χ0n) is 18.7. The molecule has 6 nitrogen and oxygen atoms in total. The van der Waals surface area contributed by atoms with Gasteiger partial charge in [0.2, 0.25) is 0 Å². The summed E-state index contributed by atoms with van der Waals surface area (Å²) in [6.45, 7) is 4.77. The van der Waals surface area contributed by atoms with E-state index in [4.69, 9.17) is 4.98 Å². The van der Waals surface area contributed by atoms with E-state index in [0.717, 1.165) is 46.3 Å². The van der Waals surface area contributed by atoms with Crippen molar-refractivity contribution in [3.63, 3.8) is 0 Å². The van der Waals surface area contributed by atoms with Crippen LogP contribution in [0.2, 0.25) is 0 Å². The Kier molecular flexibility index (Phi) is 6.21. The van der Waals surface area contributed by atoms with Gasteiger partial charge in [0.1, 0.15) is 5.69 Å². The zero-order valence-corrected chi connectivity index (χ0v) is 19.5. The van der Waals surface area contributed by atoms with Gasteiger partial charge in [0.15, 0.2) is 5.13 Å². The number of aromatic nitrogens is 3. The lowest BCUT2D eigenvalue weighted by molar-refractivity contribution is 0.101. The third-order valence-corrected chi connectivity index (χ3v) is 6.85. The highest BCUT2D eigenvalue weighted by molar-refractivity contribution is 7.13. The lowest BCUT2D eigenvalue weighted by Crippen LogP contribution is -2.29. The van der Waals surface area contributed by atoms with Gasteiger partial charge in [0, 0.05) is 42.7 Å². The Morgan fingerprint density at radius 1 is 1.09 bits per heavy atom. The average Bonchev–Trinajstić information content (AvgIpc) is 3.47. The van der Waals surface area contributed by atoms with Gasteiger partial charge < -0.3 is 14.8 Å².